The zero-order chi connectivity index (χ0) is 30.3. The van der Waals surface area contributed by atoms with Gasteiger partial charge in [0.2, 0.25) is 0 Å². The summed E-state index contributed by atoms with van der Waals surface area (Å²) in [7, 11) is 5.56. The van der Waals surface area contributed by atoms with Crippen LogP contribution in [0, 0.1) is 0 Å². The van der Waals surface area contributed by atoms with Crippen LogP contribution in [0.2, 0.25) is 0 Å². The number of carbonyl (C=O) groups is 3. The topological polar surface area (TPSA) is 112 Å². The minimum Gasteiger partial charge on any atom is -0.465 e. The van der Waals surface area contributed by atoms with E-state index in [0.717, 1.165) is 38.0 Å². The molecule has 0 aliphatic carbocycles. The fourth-order valence-corrected chi connectivity index (χ4v) is 5.41. The number of nitrogens with one attached hydrogen (secondary N) is 3. The van der Waals surface area contributed by atoms with Gasteiger partial charge in [0.1, 0.15) is 0 Å². The van der Waals surface area contributed by atoms with Crippen LogP contribution in [0.25, 0.3) is 11.3 Å². The smallest absolute Gasteiger partial charge is 0.337 e. The maximum atomic E-state index is 13.2. The molecule has 1 fully saturated rings. The third-order valence-corrected chi connectivity index (χ3v) is 7.88. The van der Waals surface area contributed by atoms with Gasteiger partial charge < -0.3 is 25.2 Å². The lowest BCUT2D eigenvalue weighted by Crippen LogP contribution is -2.43. The Morgan fingerprint density at radius 3 is 2.33 bits per heavy atom. The molecule has 0 bridgehead atoms. The highest BCUT2D eigenvalue weighted by Crippen LogP contribution is 2.38. The van der Waals surface area contributed by atoms with Crippen LogP contribution < -0.4 is 16.1 Å². The third kappa shape index (κ3) is 7.11. The standard InChI is InChI=1S/C33H37N5O5/c1-37(2)26-15-17-38(18-16-26)19-20-43-36-31(39)23-9-12-25(13-10-23)34-30(22-7-5-4-6-8-22)29-27-14-11-24(33(41)42-3)21-28(27)35-32(29)40/h4-14,21,26,34H,15-20H2,1-3H3,(H,35,40)(H,36,39)/b30-29-. The van der Waals surface area contributed by atoms with E-state index in [4.69, 9.17) is 9.57 Å². The molecule has 5 rings (SSSR count). The predicted octanol–water partition coefficient (Wildman–Crippen LogP) is 4.09. The number of methoxy groups -OCH3 is 1. The van der Waals surface area contributed by atoms with Gasteiger partial charge in [-0.25, -0.2) is 10.3 Å². The summed E-state index contributed by atoms with van der Waals surface area (Å²) in [5, 5.41) is 6.24. The Bertz CT molecular complexity index is 1500. The molecule has 2 aliphatic heterocycles. The lowest BCUT2D eigenvalue weighted by molar-refractivity contribution is -0.110. The maximum absolute atomic E-state index is 13.2. The van der Waals surface area contributed by atoms with E-state index in [-0.39, 0.29) is 11.8 Å². The number of anilines is 2. The van der Waals surface area contributed by atoms with Crippen LogP contribution in [0.5, 0.6) is 0 Å². The number of fused-ring (bicyclic) bond motifs is 1. The van der Waals surface area contributed by atoms with Crippen LogP contribution >= 0.6 is 0 Å². The summed E-state index contributed by atoms with van der Waals surface area (Å²) in [5.41, 5.74) is 7.07. The number of ether oxygens (including phenoxy) is 1. The van der Waals surface area contributed by atoms with Crippen molar-refractivity contribution in [2.45, 2.75) is 18.9 Å². The minimum atomic E-state index is -0.481. The highest BCUT2D eigenvalue weighted by atomic mass is 16.7. The van der Waals surface area contributed by atoms with Crippen molar-refractivity contribution >= 4 is 40.4 Å². The molecule has 0 unspecified atom stereocenters. The number of likely N-dealkylation sites (tertiary alicyclic amines) is 1. The largest absolute Gasteiger partial charge is 0.465 e. The number of piperidine rings is 1. The summed E-state index contributed by atoms with van der Waals surface area (Å²) < 4.78 is 4.82. The van der Waals surface area contributed by atoms with Crippen molar-refractivity contribution in [2.24, 2.45) is 0 Å². The maximum Gasteiger partial charge on any atom is 0.337 e. The molecule has 224 valence electrons. The van der Waals surface area contributed by atoms with Gasteiger partial charge >= 0.3 is 5.97 Å². The van der Waals surface area contributed by atoms with Gasteiger partial charge in [0, 0.05) is 29.4 Å². The zero-order valence-electron chi connectivity index (χ0n) is 24.7. The third-order valence-electron chi connectivity index (χ3n) is 7.88. The first kappa shape index (κ1) is 30.0. The summed E-state index contributed by atoms with van der Waals surface area (Å²) in [6.07, 6.45) is 2.27. The Hall–Kier alpha value is -4.51. The van der Waals surface area contributed by atoms with E-state index >= 15 is 0 Å². The molecule has 1 saturated heterocycles. The molecule has 0 atom stereocenters. The molecule has 3 N–H and O–H groups in total. The molecule has 2 amide bonds. The van der Waals surface area contributed by atoms with Crippen molar-refractivity contribution in [3.05, 3.63) is 95.1 Å². The van der Waals surface area contributed by atoms with E-state index in [9.17, 15) is 14.4 Å². The highest BCUT2D eigenvalue weighted by Gasteiger charge is 2.29. The van der Waals surface area contributed by atoms with Crippen molar-refractivity contribution in [1.82, 2.24) is 15.3 Å². The number of nitrogens with zero attached hydrogens (tertiary/aromatic N) is 2. The lowest BCUT2D eigenvalue weighted by Gasteiger charge is -2.34. The fourth-order valence-electron chi connectivity index (χ4n) is 5.41. The summed E-state index contributed by atoms with van der Waals surface area (Å²) in [6, 6.07) is 22.1. The monoisotopic (exact) mass is 583 g/mol. The summed E-state index contributed by atoms with van der Waals surface area (Å²) in [4.78, 5) is 48.0. The fraction of sp³-hybridized carbons (Fsp3) is 0.303. The molecule has 0 spiro atoms. The second kappa shape index (κ2) is 13.6. The molecule has 10 heteroatoms. The second-order valence-electron chi connectivity index (χ2n) is 10.8. The van der Waals surface area contributed by atoms with Crippen LogP contribution in [-0.4, -0.2) is 81.1 Å². The zero-order valence-corrected chi connectivity index (χ0v) is 24.7. The average Bonchev–Trinajstić information content (AvgIpc) is 3.36. The average molecular weight is 584 g/mol. The Kier molecular flexibility index (Phi) is 9.51. The summed E-state index contributed by atoms with van der Waals surface area (Å²) in [5.74, 6) is -1.10. The molecular weight excluding hydrogens is 546 g/mol. The van der Waals surface area contributed by atoms with E-state index < -0.39 is 5.97 Å². The van der Waals surface area contributed by atoms with Gasteiger partial charge in [-0.05, 0) is 82.0 Å². The lowest BCUT2D eigenvalue weighted by atomic mass is 9.99. The van der Waals surface area contributed by atoms with Gasteiger partial charge in [-0.15, -0.1) is 0 Å². The van der Waals surface area contributed by atoms with Crippen LogP contribution in [0.4, 0.5) is 11.4 Å². The summed E-state index contributed by atoms with van der Waals surface area (Å²) >= 11 is 0. The molecular formula is C33H37N5O5. The van der Waals surface area contributed by atoms with Crippen LogP contribution in [0.3, 0.4) is 0 Å². The molecule has 2 heterocycles. The molecule has 0 radical (unpaired) electrons. The van der Waals surface area contributed by atoms with E-state index in [1.165, 1.54) is 7.11 Å². The van der Waals surface area contributed by atoms with Crippen molar-refractivity contribution < 1.29 is 24.0 Å². The van der Waals surface area contributed by atoms with E-state index in [1.807, 2.05) is 30.3 Å². The van der Waals surface area contributed by atoms with Gasteiger partial charge in [0.05, 0.1) is 36.2 Å². The molecule has 3 aromatic carbocycles. The Morgan fingerprint density at radius 2 is 1.65 bits per heavy atom. The predicted molar refractivity (Wildman–Crippen MR) is 166 cm³/mol. The number of benzene rings is 3. The quantitative estimate of drug-likeness (QED) is 0.142. The molecule has 0 saturated carbocycles. The number of esters is 1. The number of hydrogen-bond acceptors (Lipinski definition) is 8. The van der Waals surface area contributed by atoms with E-state index in [0.29, 0.717) is 52.0 Å². The van der Waals surface area contributed by atoms with Gasteiger partial charge in [0.15, 0.2) is 0 Å². The first-order valence-corrected chi connectivity index (χ1v) is 14.4. The Labute approximate surface area is 251 Å². The van der Waals surface area contributed by atoms with Gasteiger partial charge in [-0.3, -0.25) is 14.4 Å². The van der Waals surface area contributed by atoms with E-state index in [2.05, 4.69) is 40.0 Å². The van der Waals surface area contributed by atoms with Gasteiger partial charge in [-0.2, -0.15) is 0 Å². The van der Waals surface area contributed by atoms with Crippen LogP contribution in [-0.2, 0) is 14.4 Å². The molecule has 10 nitrogen and oxygen atoms in total. The first-order chi connectivity index (χ1) is 20.8. The number of carbonyl (C=O) groups excluding carboxylic acids is 3. The second-order valence-corrected chi connectivity index (χ2v) is 10.8. The highest BCUT2D eigenvalue weighted by molar-refractivity contribution is 6.37. The Balaban J connectivity index is 1.25. The van der Waals surface area contributed by atoms with Crippen molar-refractivity contribution in [3.63, 3.8) is 0 Å². The van der Waals surface area contributed by atoms with Crippen molar-refractivity contribution in [3.8, 4) is 0 Å². The van der Waals surface area contributed by atoms with Crippen molar-refractivity contribution in [2.75, 3.05) is 58.1 Å². The molecule has 2 aliphatic rings. The van der Waals surface area contributed by atoms with Crippen LogP contribution in [0.15, 0.2) is 72.8 Å². The minimum absolute atomic E-state index is 0.293. The van der Waals surface area contributed by atoms with Crippen LogP contribution in [0.1, 0.15) is 44.7 Å². The number of amides is 2. The first-order valence-electron chi connectivity index (χ1n) is 14.4. The van der Waals surface area contributed by atoms with Gasteiger partial charge in [0.25, 0.3) is 11.8 Å². The molecule has 0 aromatic heterocycles. The van der Waals surface area contributed by atoms with Crippen molar-refractivity contribution in [1.29, 1.82) is 0 Å². The summed E-state index contributed by atoms with van der Waals surface area (Å²) in [6.45, 7) is 3.23. The molecule has 3 aromatic rings. The number of hydroxylamine groups is 1. The van der Waals surface area contributed by atoms with E-state index in [1.54, 1.807) is 42.5 Å². The Morgan fingerprint density at radius 1 is 0.953 bits per heavy atom. The molecule has 43 heavy (non-hydrogen) atoms. The van der Waals surface area contributed by atoms with Gasteiger partial charge in [-0.1, -0.05) is 36.4 Å². The normalized spacial score (nSPS) is 16.4. The number of rotatable bonds is 10. The SMILES string of the molecule is COC(=O)c1ccc2c(c1)NC(=O)/C2=C(\Nc1ccc(C(=O)NOCCN2CCC(N(C)C)CC2)cc1)c1ccccc1. The number of hydrogen-bond donors (Lipinski definition) is 3.